The van der Waals surface area contributed by atoms with Gasteiger partial charge in [0.2, 0.25) is 0 Å². The minimum atomic E-state index is -3.27. The molecule has 2 heterocycles. The Morgan fingerprint density at radius 1 is 1.03 bits per heavy atom. The van der Waals surface area contributed by atoms with Gasteiger partial charge in [0.05, 0.1) is 28.5 Å². The number of nitrogens with one attached hydrogen (secondary N) is 1. The standard InChI is InChI=1S/C24H21FN2O5S/c1-33(31,32)19-8-6-15(7-9-19)14-2-4-16(5-3-14)24-20(25)13-22-21(27-24)11-17(26-22)10-18(28)12-23(29)30/h2-9,11,13,18,26,28H,10,12H2,1H3,(H,29,30). The second-order valence-electron chi connectivity index (χ2n) is 7.88. The normalized spacial score (nSPS) is 12.7. The predicted molar refractivity (Wildman–Crippen MR) is 122 cm³/mol. The van der Waals surface area contributed by atoms with Gasteiger partial charge in [-0.25, -0.2) is 17.8 Å². The van der Waals surface area contributed by atoms with Crippen molar-refractivity contribution >= 4 is 26.8 Å². The number of benzene rings is 2. The molecule has 0 aliphatic rings. The first kappa shape index (κ1) is 22.6. The van der Waals surface area contributed by atoms with Crippen LogP contribution in [0.15, 0.2) is 65.6 Å². The van der Waals surface area contributed by atoms with Crippen LogP contribution in [0.3, 0.4) is 0 Å². The molecule has 7 nitrogen and oxygen atoms in total. The summed E-state index contributed by atoms with van der Waals surface area (Å²) >= 11 is 0. The summed E-state index contributed by atoms with van der Waals surface area (Å²) in [6.45, 7) is 0. The number of aliphatic hydroxyl groups excluding tert-OH is 1. The molecule has 4 aromatic rings. The molecule has 2 aromatic heterocycles. The highest BCUT2D eigenvalue weighted by atomic mass is 32.2. The zero-order chi connectivity index (χ0) is 23.8. The van der Waals surface area contributed by atoms with E-state index in [-0.39, 0.29) is 23.4 Å². The quantitative estimate of drug-likeness (QED) is 0.379. The summed E-state index contributed by atoms with van der Waals surface area (Å²) in [5.74, 6) is -1.62. The first-order valence-corrected chi connectivity index (χ1v) is 12.0. The molecule has 0 aliphatic carbocycles. The fourth-order valence-electron chi connectivity index (χ4n) is 3.64. The Hall–Kier alpha value is -3.56. The SMILES string of the molecule is CS(=O)(=O)c1ccc(-c2ccc(-c3nc4cc(CC(O)CC(=O)O)[nH]c4cc3F)cc2)cc1. The number of aromatic nitrogens is 2. The topological polar surface area (TPSA) is 120 Å². The molecule has 170 valence electrons. The van der Waals surface area contributed by atoms with Gasteiger partial charge in [-0.2, -0.15) is 0 Å². The highest BCUT2D eigenvalue weighted by Crippen LogP contribution is 2.28. The van der Waals surface area contributed by atoms with Crippen LogP contribution in [0.5, 0.6) is 0 Å². The number of H-pyrrole nitrogens is 1. The number of pyridine rings is 1. The van der Waals surface area contributed by atoms with Crippen molar-refractivity contribution in [1.82, 2.24) is 9.97 Å². The molecule has 0 spiro atoms. The van der Waals surface area contributed by atoms with Gasteiger partial charge >= 0.3 is 5.97 Å². The van der Waals surface area contributed by atoms with Crippen molar-refractivity contribution in [3.8, 4) is 22.4 Å². The molecule has 0 fully saturated rings. The van der Waals surface area contributed by atoms with Crippen molar-refractivity contribution in [2.75, 3.05) is 6.26 Å². The Bertz CT molecular complexity index is 1430. The molecule has 0 radical (unpaired) electrons. The van der Waals surface area contributed by atoms with E-state index >= 15 is 0 Å². The Labute approximate surface area is 189 Å². The lowest BCUT2D eigenvalue weighted by Gasteiger charge is -2.07. The maximum atomic E-state index is 14.8. The maximum Gasteiger partial charge on any atom is 0.305 e. The van der Waals surface area contributed by atoms with Gasteiger partial charge in [-0.3, -0.25) is 4.79 Å². The van der Waals surface area contributed by atoms with Gasteiger partial charge in [0.1, 0.15) is 5.69 Å². The number of halogens is 1. The number of aromatic amines is 1. The highest BCUT2D eigenvalue weighted by molar-refractivity contribution is 7.90. The largest absolute Gasteiger partial charge is 0.481 e. The Morgan fingerprint density at radius 2 is 1.61 bits per heavy atom. The van der Waals surface area contributed by atoms with Crippen LogP contribution in [-0.4, -0.2) is 46.9 Å². The van der Waals surface area contributed by atoms with Crippen LogP contribution in [0.1, 0.15) is 12.1 Å². The van der Waals surface area contributed by atoms with E-state index in [0.29, 0.717) is 22.3 Å². The van der Waals surface area contributed by atoms with Gasteiger partial charge in [0, 0.05) is 30.0 Å². The smallest absolute Gasteiger partial charge is 0.305 e. The van der Waals surface area contributed by atoms with Crippen LogP contribution in [-0.2, 0) is 21.1 Å². The van der Waals surface area contributed by atoms with Crippen molar-refractivity contribution in [1.29, 1.82) is 0 Å². The van der Waals surface area contributed by atoms with E-state index in [2.05, 4.69) is 9.97 Å². The molecule has 0 saturated heterocycles. The molecule has 3 N–H and O–H groups in total. The van der Waals surface area contributed by atoms with Crippen molar-refractivity contribution in [2.45, 2.75) is 23.8 Å². The number of carboxylic acids is 1. The van der Waals surface area contributed by atoms with Gasteiger partial charge in [-0.1, -0.05) is 36.4 Å². The number of rotatable bonds is 7. The van der Waals surface area contributed by atoms with Crippen LogP contribution in [0.25, 0.3) is 33.4 Å². The van der Waals surface area contributed by atoms with Gasteiger partial charge in [-0.15, -0.1) is 0 Å². The summed E-state index contributed by atoms with van der Waals surface area (Å²) in [6.07, 6.45) is -0.196. The summed E-state index contributed by atoms with van der Waals surface area (Å²) in [5, 5.41) is 18.6. The fourth-order valence-corrected chi connectivity index (χ4v) is 4.27. The fraction of sp³-hybridized carbons (Fsp3) is 0.167. The number of carbonyl (C=O) groups is 1. The third kappa shape index (κ3) is 5.10. The Kier molecular flexibility index (Phi) is 6.01. The van der Waals surface area contributed by atoms with E-state index in [1.165, 1.54) is 6.07 Å². The van der Waals surface area contributed by atoms with E-state index in [9.17, 15) is 22.7 Å². The van der Waals surface area contributed by atoms with Gasteiger partial charge in [-0.05, 0) is 29.3 Å². The number of hydrogen-bond acceptors (Lipinski definition) is 5. The summed E-state index contributed by atoms with van der Waals surface area (Å²) in [4.78, 5) is 18.3. The molecule has 9 heteroatoms. The third-order valence-electron chi connectivity index (χ3n) is 5.25. The summed E-state index contributed by atoms with van der Waals surface area (Å²) in [6, 6.07) is 16.6. The van der Waals surface area contributed by atoms with E-state index in [1.807, 2.05) is 0 Å². The number of sulfone groups is 1. The lowest BCUT2D eigenvalue weighted by molar-refractivity contribution is -0.139. The molecule has 4 rings (SSSR count). The van der Waals surface area contributed by atoms with Crippen molar-refractivity contribution in [3.05, 3.63) is 72.2 Å². The average Bonchev–Trinajstić information content (AvgIpc) is 3.13. The third-order valence-corrected chi connectivity index (χ3v) is 6.38. The number of aliphatic hydroxyl groups is 1. The first-order chi connectivity index (χ1) is 15.6. The first-order valence-electron chi connectivity index (χ1n) is 10.1. The zero-order valence-corrected chi connectivity index (χ0v) is 18.4. The van der Waals surface area contributed by atoms with Crippen LogP contribution >= 0.6 is 0 Å². The van der Waals surface area contributed by atoms with Crippen LogP contribution < -0.4 is 0 Å². The second kappa shape index (κ2) is 8.76. The van der Waals surface area contributed by atoms with Gasteiger partial charge in [0.25, 0.3) is 0 Å². The molecule has 1 atom stereocenters. The van der Waals surface area contributed by atoms with Crippen LogP contribution in [0, 0.1) is 5.82 Å². The highest BCUT2D eigenvalue weighted by Gasteiger charge is 2.15. The van der Waals surface area contributed by atoms with Crippen molar-refractivity contribution in [3.63, 3.8) is 0 Å². The average molecular weight is 469 g/mol. The number of nitrogens with zero attached hydrogens (tertiary/aromatic N) is 1. The number of fused-ring (bicyclic) bond motifs is 1. The molecular weight excluding hydrogens is 447 g/mol. The lowest BCUT2D eigenvalue weighted by Crippen LogP contribution is -2.15. The van der Waals surface area contributed by atoms with E-state index < -0.39 is 27.7 Å². The molecule has 2 aromatic carbocycles. The van der Waals surface area contributed by atoms with Gasteiger partial charge in [0.15, 0.2) is 15.7 Å². The minimum absolute atomic E-state index is 0.0897. The number of carboxylic acid groups (broad SMARTS) is 1. The van der Waals surface area contributed by atoms with Crippen LogP contribution in [0.4, 0.5) is 4.39 Å². The number of aliphatic carboxylic acids is 1. The molecule has 33 heavy (non-hydrogen) atoms. The monoisotopic (exact) mass is 468 g/mol. The van der Waals surface area contributed by atoms with Gasteiger partial charge < -0.3 is 15.2 Å². The molecule has 0 amide bonds. The summed E-state index contributed by atoms with van der Waals surface area (Å²) in [7, 11) is -3.27. The lowest BCUT2D eigenvalue weighted by atomic mass is 10.0. The van der Waals surface area contributed by atoms with E-state index in [0.717, 1.165) is 17.4 Å². The van der Waals surface area contributed by atoms with E-state index in [4.69, 9.17) is 5.11 Å². The summed E-state index contributed by atoms with van der Waals surface area (Å²) in [5.41, 5.74) is 3.93. The minimum Gasteiger partial charge on any atom is -0.481 e. The molecule has 0 aliphatic heterocycles. The Balaban J connectivity index is 1.59. The zero-order valence-electron chi connectivity index (χ0n) is 17.6. The maximum absolute atomic E-state index is 14.8. The Morgan fingerprint density at radius 3 is 2.18 bits per heavy atom. The second-order valence-corrected chi connectivity index (χ2v) is 9.89. The summed E-state index contributed by atoms with van der Waals surface area (Å²) < 4.78 is 38.0. The molecule has 1 unspecified atom stereocenters. The molecule has 0 bridgehead atoms. The molecular formula is C24H21FN2O5S. The molecule has 0 saturated carbocycles. The van der Waals surface area contributed by atoms with E-state index in [1.54, 1.807) is 54.6 Å². The van der Waals surface area contributed by atoms with Crippen LogP contribution in [0.2, 0.25) is 0 Å². The predicted octanol–water partition coefficient (Wildman–Crippen LogP) is 3.82. The van der Waals surface area contributed by atoms with Crippen molar-refractivity contribution in [2.24, 2.45) is 0 Å². The number of hydrogen-bond donors (Lipinski definition) is 3. The van der Waals surface area contributed by atoms with Crippen molar-refractivity contribution < 1.29 is 27.8 Å².